The summed E-state index contributed by atoms with van der Waals surface area (Å²) in [6.07, 6.45) is 7.30. The van der Waals surface area contributed by atoms with Crippen LogP contribution in [-0.2, 0) is 6.42 Å². The van der Waals surface area contributed by atoms with Crippen molar-refractivity contribution in [2.45, 2.75) is 6.42 Å². The minimum Gasteiger partial charge on any atom is -0.353 e. The van der Waals surface area contributed by atoms with Crippen LogP contribution in [0.2, 0.25) is 0 Å². The summed E-state index contributed by atoms with van der Waals surface area (Å²) in [5, 5.41) is 8.48. The fraction of sp³-hybridized carbons (Fsp3) is 0.125. The number of rotatable bonds is 1. The van der Waals surface area contributed by atoms with Gasteiger partial charge in [0.05, 0.1) is 0 Å². The summed E-state index contributed by atoms with van der Waals surface area (Å²) in [5.74, 6) is 2.47. The fourth-order valence-electron chi connectivity index (χ4n) is 0.763. The highest BCUT2D eigenvalue weighted by molar-refractivity contribution is 5.33. The number of hydrogen-bond donors (Lipinski definition) is 1. The molecule has 1 aromatic heterocycles. The van der Waals surface area contributed by atoms with Gasteiger partial charge in [-0.15, -0.1) is 12.3 Å². The van der Waals surface area contributed by atoms with Crippen molar-refractivity contribution >= 4 is 0 Å². The molecule has 0 atom stereocenters. The van der Waals surface area contributed by atoms with Crippen molar-refractivity contribution < 1.29 is 0 Å². The van der Waals surface area contributed by atoms with Crippen LogP contribution < -0.4 is 0 Å². The normalized spacial score (nSPS) is 8.20. The minimum atomic E-state index is 0.520. The SMILES string of the molecule is C#CCc1cc[nH]c1C#N. The van der Waals surface area contributed by atoms with E-state index in [1.165, 1.54) is 0 Å². The summed E-state index contributed by atoms with van der Waals surface area (Å²) >= 11 is 0. The molecule has 0 saturated carbocycles. The van der Waals surface area contributed by atoms with Crippen molar-refractivity contribution in [3.63, 3.8) is 0 Å². The Bertz CT molecular complexity index is 296. The summed E-state index contributed by atoms with van der Waals surface area (Å²) in [6.45, 7) is 0. The van der Waals surface area contributed by atoms with Crippen molar-refractivity contribution in [3.8, 4) is 18.4 Å². The molecule has 0 fully saturated rings. The van der Waals surface area contributed by atoms with Gasteiger partial charge >= 0.3 is 0 Å². The van der Waals surface area contributed by atoms with Gasteiger partial charge in [-0.3, -0.25) is 0 Å². The summed E-state index contributed by atoms with van der Waals surface area (Å²) in [6, 6.07) is 3.83. The molecule has 0 aliphatic rings. The van der Waals surface area contributed by atoms with Gasteiger partial charge in [-0.2, -0.15) is 5.26 Å². The highest BCUT2D eigenvalue weighted by Crippen LogP contribution is 2.04. The lowest BCUT2D eigenvalue weighted by atomic mass is 10.2. The maximum atomic E-state index is 8.48. The first-order valence-corrected chi connectivity index (χ1v) is 2.88. The second-order valence-electron chi connectivity index (χ2n) is 1.87. The van der Waals surface area contributed by atoms with E-state index in [9.17, 15) is 0 Å². The molecule has 10 heavy (non-hydrogen) atoms. The van der Waals surface area contributed by atoms with Gasteiger partial charge in [-0.25, -0.2) is 0 Å². The van der Waals surface area contributed by atoms with Crippen molar-refractivity contribution in [2.24, 2.45) is 0 Å². The van der Waals surface area contributed by atoms with E-state index < -0.39 is 0 Å². The largest absolute Gasteiger partial charge is 0.353 e. The van der Waals surface area contributed by atoms with Gasteiger partial charge < -0.3 is 4.98 Å². The zero-order valence-electron chi connectivity index (χ0n) is 5.39. The van der Waals surface area contributed by atoms with Gasteiger partial charge in [-0.1, -0.05) is 0 Å². The average molecular weight is 130 g/mol. The summed E-state index contributed by atoms with van der Waals surface area (Å²) in [7, 11) is 0. The molecule has 0 aliphatic heterocycles. The molecule has 2 nitrogen and oxygen atoms in total. The molecule has 1 aromatic rings. The van der Waals surface area contributed by atoms with E-state index in [-0.39, 0.29) is 0 Å². The first-order chi connectivity index (χ1) is 4.88. The lowest BCUT2D eigenvalue weighted by Gasteiger charge is -1.85. The van der Waals surface area contributed by atoms with Crippen LogP contribution >= 0.6 is 0 Å². The van der Waals surface area contributed by atoms with Gasteiger partial charge in [0, 0.05) is 12.6 Å². The third-order valence-electron chi connectivity index (χ3n) is 1.24. The van der Waals surface area contributed by atoms with Crippen LogP contribution in [0.4, 0.5) is 0 Å². The number of aromatic nitrogens is 1. The number of nitrogens with one attached hydrogen (secondary N) is 1. The highest BCUT2D eigenvalue weighted by atomic mass is 14.7. The van der Waals surface area contributed by atoms with E-state index in [0.717, 1.165) is 5.56 Å². The van der Waals surface area contributed by atoms with E-state index in [4.69, 9.17) is 11.7 Å². The zero-order chi connectivity index (χ0) is 7.40. The highest BCUT2D eigenvalue weighted by Gasteiger charge is 1.98. The number of terminal acetylenes is 1. The Morgan fingerprint density at radius 2 is 2.50 bits per heavy atom. The van der Waals surface area contributed by atoms with E-state index in [0.29, 0.717) is 12.1 Å². The maximum Gasteiger partial charge on any atom is 0.121 e. The zero-order valence-corrected chi connectivity index (χ0v) is 5.39. The standard InChI is InChI=1S/C8H6N2/c1-2-3-7-4-5-10-8(7)6-9/h1,4-5,10H,3H2. The molecule has 0 aliphatic carbocycles. The van der Waals surface area contributed by atoms with Crippen molar-refractivity contribution in [1.29, 1.82) is 5.26 Å². The molecule has 0 radical (unpaired) electrons. The van der Waals surface area contributed by atoms with Gasteiger partial charge in [0.2, 0.25) is 0 Å². The van der Waals surface area contributed by atoms with Crippen LogP contribution in [0.1, 0.15) is 11.3 Å². The number of aromatic amines is 1. The molecule has 0 amide bonds. The molecule has 0 unspecified atom stereocenters. The Labute approximate surface area is 59.5 Å². The van der Waals surface area contributed by atoms with Crippen LogP contribution in [0.25, 0.3) is 0 Å². The summed E-state index contributed by atoms with van der Waals surface area (Å²) in [5.41, 5.74) is 1.46. The quantitative estimate of drug-likeness (QED) is 0.567. The number of nitriles is 1. The average Bonchev–Trinajstić information content (AvgIpc) is 2.36. The van der Waals surface area contributed by atoms with E-state index >= 15 is 0 Å². The Morgan fingerprint density at radius 3 is 3.10 bits per heavy atom. The summed E-state index contributed by atoms with van der Waals surface area (Å²) < 4.78 is 0. The van der Waals surface area contributed by atoms with Crippen LogP contribution in [0, 0.1) is 23.7 Å². The second kappa shape index (κ2) is 2.75. The van der Waals surface area contributed by atoms with Crippen LogP contribution in [0.5, 0.6) is 0 Å². The first-order valence-electron chi connectivity index (χ1n) is 2.88. The monoisotopic (exact) mass is 130 g/mol. The fourth-order valence-corrected chi connectivity index (χ4v) is 0.763. The van der Waals surface area contributed by atoms with Crippen LogP contribution in [0.3, 0.4) is 0 Å². The van der Waals surface area contributed by atoms with Crippen molar-refractivity contribution in [1.82, 2.24) is 4.98 Å². The van der Waals surface area contributed by atoms with Crippen LogP contribution in [-0.4, -0.2) is 4.98 Å². The molecule has 0 bridgehead atoms. The van der Waals surface area contributed by atoms with Crippen molar-refractivity contribution in [3.05, 3.63) is 23.5 Å². The van der Waals surface area contributed by atoms with E-state index in [2.05, 4.69) is 10.9 Å². The molecular formula is C8H6N2. The Kier molecular flexibility index (Phi) is 1.78. The third-order valence-corrected chi connectivity index (χ3v) is 1.24. The smallest absolute Gasteiger partial charge is 0.121 e. The molecule has 0 saturated heterocycles. The van der Waals surface area contributed by atoms with Gasteiger partial charge in [-0.05, 0) is 11.6 Å². The molecule has 1 N–H and O–H groups in total. The Hall–Kier alpha value is -1.67. The van der Waals surface area contributed by atoms with E-state index in [1.54, 1.807) is 6.20 Å². The lowest BCUT2D eigenvalue weighted by molar-refractivity contribution is 1.25. The molecular weight excluding hydrogens is 124 g/mol. The predicted molar refractivity (Wildman–Crippen MR) is 38.0 cm³/mol. The molecule has 0 aromatic carbocycles. The second-order valence-corrected chi connectivity index (χ2v) is 1.87. The first kappa shape index (κ1) is 6.45. The summed E-state index contributed by atoms with van der Waals surface area (Å²) in [4.78, 5) is 2.78. The molecule has 48 valence electrons. The predicted octanol–water partition coefficient (Wildman–Crippen LogP) is 1.06. The topological polar surface area (TPSA) is 39.6 Å². The van der Waals surface area contributed by atoms with Gasteiger partial charge in [0.1, 0.15) is 11.8 Å². The number of nitrogens with zero attached hydrogens (tertiary/aromatic N) is 1. The number of hydrogen-bond acceptors (Lipinski definition) is 1. The molecule has 1 rings (SSSR count). The minimum absolute atomic E-state index is 0.520. The van der Waals surface area contributed by atoms with Crippen molar-refractivity contribution in [2.75, 3.05) is 0 Å². The third kappa shape index (κ3) is 1.01. The van der Waals surface area contributed by atoms with E-state index in [1.807, 2.05) is 12.1 Å². The molecule has 0 spiro atoms. The molecule has 2 heteroatoms. The van der Waals surface area contributed by atoms with Gasteiger partial charge in [0.15, 0.2) is 0 Å². The Balaban J connectivity index is 2.96. The maximum absolute atomic E-state index is 8.48. The van der Waals surface area contributed by atoms with Crippen LogP contribution in [0.15, 0.2) is 12.3 Å². The Morgan fingerprint density at radius 1 is 1.70 bits per heavy atom. The number of H-pyrrole nitrogens is 1. The van der Waals surface area contributed by atoms with Gasteiger partial charge in [0.25, 0.3) is 0 Å². The lowest BCUT2D eigenvalue weighted by Crippen LogP contribution is -1.82. The molecule has 1 heterocycles.